The fourth-order valence-corrected chi connectivity index (χ4v) is 5.09. The molecule has 1 atom stereocenters. The van der Waals surface area contributed by atoms with Gasteiger partial charge in [-0.05, 0) is 50.3 Å². The zero-order valence-electron chi connectivity index (χ0n) is 18.1. The quantitative estimate of drug-likeness (QED) is 0.727. The molecule has 0 radical (unpaired) electrons. The molecule has 4 rings (SSSR count). The standard InChI is InChI=1S/C23H31FN4O3/c1-2-11-26-13-9-23(10-14-26)21(30)28(22(31)25-23)18-7-5-12-27(16-18)20(29)15-17-6-3-4-8-19(17)24/h3-4,6,8,18H,2,5,7,9-16H2,1H3,(H,25,31)/t18-/m0/s1. The highest BCUT2D eigenvalue weighted by molar-refractivity contribution is 6.07. The summed E-state index contributed by atoms with van der Waals surface area (Å²) in [5, 5.41) is 2.98. The van der Waals surface area contributed by atoms with Crippen molar-refractivity contribution in [3.8, 4) is 0 Å². The van der Waals surface area contributed by atoms with E-state index in [4.69, 9.17) is 0 Å². The minimum atomic E-state index is -0.805. The Morgan fingerprint density at radius 2 is 1.94 bits per heavy atom. The molecule has 0 aliphatic carbocycles. The lowest BCUT2D eigenvalue weighted by molar-refractivity contribution is -0.139. The molecule has 168 valence electrons. The van der Waals surface area contributed by atoms with Gasteiger partial charge in [0, 0.05) is 26.2 Å². The number of halogens is 1. The van der Waals surface area contributed by atoms with Gasteiger partial charge in [0.1, 0.15) is 11.4 Å². The van der Waals surface area contributed by atoms with Gasteiger partial charge >= 0.3 is 6.03 Å². The number of rotatable bonds is 5. The lowest BCUT2D eigenvalue weighted by Gasteiger charge is -2.39. The third-order valence-corrected chi connectivity index (χ3v) is 6.86. The molecule has 1 spiro atoms. The summed E-state index contributed by atoms with van der Waals surface area (Å²) < 4.78 is 13.9. The Morgan fingerprint density at radius 3 is 2.65 bits per heavy atom. The summed E-state index contributed by atoms with van der Waals surface area (Å²) in [6.45, 7) is 5.60. The number of amides is 4. The number of nitrogens with zero attached hydrogens (tertiary/aromatic N) is 3. The highest BCUT2D eigenvalue weighted by Gasteiger charge is 2.54. The number of piperidine rings is 2. The molecule has 8 heteroatoms. The molecule has 0 saturated carbocycles. The van der Waals surface area contributed by atoms with Crippen LogP contribution in [0.5, 0.6) is 0 Å². The fourth-order valence-electron chi connectivity index (χ4n) is 5.09. The van der Waals surface area contributed by atoms with Gasteiger partial charge in [0.05, 0.1) is 12.5 Å². The van der Waals surface area contributed by atoms with Crippen molar-refractivity contribution in [2.45, 2.75) is 57.0 Å². The largest absolute Gasteiger partial charge is 0.340 e. The smallest absolute Gasteiger partial charge is 0.325 e. The minimum Gasteiger partial charge on any atom is -0.340 e. The van der Waals surface area contributed by atoms with Crippen molar-refractivity contribution in [1.82, 2.24) is 20.0 Å². The second-order valence-corrected chi connectivity index (χ2v) is 8.93. The summed E-state index contributed by atoms with van der Waals surface area (Å²) >= 11 is 0. The average Bonchev–Trinajstić information content (AvgIpc) is 3.01. The second kappa shape index (κ2) is 8.94. The van der Waals surface area contributed by atoms with Gasteiger partial charge in [-0.15, -0.1) is 0 Å². The maximum Gasteiger partial charge on any atom is 0.325 e. The van der Waals surface area contributed by atoms with Crippen LogP contribution in [0.2, 0.25) is 0 Å². The molecule has 3 aliphatic rings. The average molecular weight is 431 g/mol. The maximum atomic E-state index is 13.9. The zero-order chi connectivity index (χ0) is 22.0. The molecule has 31 heavy (non-hydrogen) atoms. The topological polar surface area (TPSA) is 73.0 Å². The molecule has 1 aromatic rings. The lowest BCUT2D eigenvalue weighted by atomic mass is 9.87. The molecule has 3 heterocycles. The van der Waals surface area contributed by atoms with Crippen LogP contribution in [0.1, 0.15) is 44.6 Å². The molecular weight excluding hydrogens is 399 g/mol. The number of nitrogens with one attached hydrogen (secondary N) is 1. The van der Waals surface area contributed by atoms with E-state index in [0.29, 0.717) is 44.3 Å². The normalized spacial score (nSPS) is 24.0. The highest BCUT2D eigenvalue weighted by atomic mass is 19.1. The van der Waals surface area contributed by atoms with Crippen LogP contribution in [0.25, 0.3) is 0 Å². The van der Waals surface area contributed by atoms with Crippen molar-refractivity contribution in [2.75, 3.05) is 32.7 Å². The number of carbonyl (C=O) groups excluding carboxylic acids is 3. The predicted octanol–water partition coefficient (Wildman–Crippen LogP) is 2.16. The highest BCUT2D eigenvalue weighted by Crippen LogP contribution is 2.32. The van der Waals surface area contributed by atoms with Gasteiger partial charge < -0.3 is 15.1 Å². The Bertz CT molecular complexity index is 853. The summed E-state index contributed by atoms with van der Waals surface area (Å²) in [6, 6.07) is 5.59. The number of imide groups is 1. The van der Waals surface area contributed by atoms with Crippen molar-refractivity contribution in [2.24, 2.45) is 0 Å². The first-order valence-electron chi connectivity index (χ1n) is 11.3. The van der Waals surface area contributed by atoms with E-state index in [9.17, 15) is 18.8 Å². The van der Waals surface area contributed by atoms with Gasteiger partial charge in [0.15, 0.2) is 0 Å². The molecule has 0 bridgehead atoms. The van der Waals surface area contributed by atoms with Crippen LogP contribution < -0.4 is 5.32 Å². The maximum absolute atomic E-state index is 13.9. The Balaban J connectivity index is 1.41. The number of hydrogen-bond acceptors (Lipinski definition) is 4. The molecule has 1 aromatic carbocycles. The molecule has 3 fully saturated rings. The van der Waals surface area contributed by atoms with Crippen molar-refractivity contribution < 1.29 is 18.8 Å². The Hall–Kier alpha value is -2.48. The SMILES string of the molecule is CCCN1CCC2(CC1)NC(=O)N([C@H]1CCCN(C(=O)Cc3ccccc3F)C1)C2=O. The first-order valence-corrected chi connectivity index (χ1v) is 11.3. The van der Waals surface area contributed by atoms with Crippen molar-refractivity contribution in [1.29, 1.82) is 0 Å². The van der Waals surface area contributed by atoms with E-state index >= 15 is 0 Å². The first-order chi connectivity index (χ1) is 14.9. The van der Waals surface area contributed by atoms with Gasteiger partial charge in [-0.25, -0.2) is 9.18 Å². The van der Waals surface area contributed by atoms with Crippen molar-refractivity contribution >= 4 is 17.8 Å². The summed E-state index contributed by atoms with van der Waals surface area (Å²) in [7, 11) is 0. The van der Waals surface area contributed by atoms with Crippen LogP contribution in [-0.2, 0) is 16.0 Å². The molecule has 0 unspecified atom stereocenters. The van der Waals surface area contributed by atoms with Gasteiger partial charge in [-0.1, -0.05) is 25.1 Å². The summed E-state index contributed by atoms with van der Waals surface area (Å²) in [5.74, 6) is -0.721. The Morgan fingerprint density at radius 1 is 1.19 bits per heavy atom. The van der Waals surface area contributed by atoms with E-state index < -0.39 is 11.4 Å². The van der Waals surface area contributed by atoms with E-state index in [1.165, 1.54) is 11.0 Å². The lowest BCUT2D eigenvalue weighted by Crippen LogP contribution is -2.56. The second-order valence-electron chi connectivity index (χ2n) is 8.93. The van der Waals surface area contributed by atoms with Crippen LogP contribution >= 0.6 is 0 Å². The summed E-state index contributed by atoms with van der Waals surface area (Å²) in [4.78, 5) is 44.3. The van der Waals surface area contributed by atoms with E-state index in [0.717, 1.165) is 26.1 Å². The van der Waals surface area contributed by atoms with Crippen LogP contribution in [0.15, 0.2) is 24.3 Å². The van der Waals surface area contributed by atoms with Crippen molar-refractivity contribution in [3.63, 3.8) is 0 Å². The van der Waals surface area contributed by atoms with Gasteiger partial charge in [0.2, 0.25) is 5.91 Å². The molecule has 3 saturated heterocycles. The number of likely N-dealkylation sites (tertiary alicyclic amines) is 2. The Kier molecular flexibility index (Phi) is 6.27. The number of urea groups is 1. The molecule has 3 aliphatic heterocycles. The van der Waals surface area contributed by atoms with Gasteiger partial charge in [-0.2, -0.15) is 0 Å². The van der Waals surface area contributed by atoms with Crippen LogP contribution in [0.3, 0.4) is 0 Å². The predicted molar refractivity (Wildman–Crippen MR) is 114 cm³/mol. The third-order valence-electron chi connectivity index (χ3n) is 6.86. The van der Waals surface area contributed by atoms with Crippen LogP contribution in [0, 0.1) is 5.82 Å². The molecule has 1 N–H and O–H groups in total. The monoisotopic (exact) mass is 430 g/mol. The number of carbonyl (C=O) groups is 3. The Labute approximate surface area is 182 Å². The van der Waals surface area contributed by atoms with E-state index in [-0.39, 0.29) is 30.3 Å². The minimum absolute atomic E-state index is 0.0171. The van der Waals surface area contributed by atoms with Crippen LogP contribution in [0.4, 0.5) is 9.18 Å². The first kappa shape index (κ1) is 21.7. The molecule has 0 aromatic heterocycles. The number of hydrogen-bond donors (Lipinski definition) is 1. The molecular formula is C23H31FN4O3. The van der Waals surface area contributed by atoms with E-state index in [1.807, 2.05) is 0 Å². The van der Waals surface area contributed by atoms with Gasteiger partial charge in [0.25, 0.3) is 5.91 Å². The van der Waals surface area contributed by atoms with Gasteiger partial charge in [-0.3, -0.25) is 14.5 Å². The summed E-state index contributed by atoms with van der Waals surface area (Å²) in [5.41, 5.74) is -0.441. The van der Waals surface area contributed by atoms with E-state index in [2.05, 4.69) is 17.1 Å². The molecule has 7 nitrogen and oxygen atoms in total. The zero-order valence-corrected chi connectivity index (χ0v) is 18.1. The van der Waals surface area contributed by atoms with Crippen molar-refractivity contribution in [3.05, 3.63) is 35.6 Å². The van der Waals surface area contributed by atoms with E-state index in [1.54, 1.807) is 23.1 Å². The summed E-state index contributed by atoms with van der Waals surface area (Å²) in [6.07, 6.45) is 3.69. The third kappa shape index (κ3) is 4.31. The van der Waals surface area contributed by atoms with Crippen LogP contribution in [-0.4, -0.2) is 76.8 Å². The molecule has 4 amide bonds. The fraction of sp³-hybridized carbons (Fsp3) is 0.609. The number of benzene rings is 1.